The van der Waals surface area contributed by atoms with Gasteiger partial charge in [0.1, 0.15) is 10.7 Å². The van der Waals surface area contributed by atoms with Gasteiger partial charge in [-0.05, 0) is 6.07 Å². The molecular formula is C9H8ClNO4. The molecule has 0 unspecified atom stereocenters. The van der Waals surface area contributed by atoms with E-state index >= 15 is 0 Å². The van der Waals surface area contributed by atoms with Crippen molar-refractivity contribution in [2.45, 2.75) is 0 Å². The summed E-state index contributed by atoms with van der Waals surface area (Å²) in [7, 11) is 2.39. The number of methoxy groups -OCH3 is 2. The summed E-state index contributed by atoms with van der Waals surface area (Å²) in [6, 6.07) is 1.34. The van der Waals surface area contributed by atoms with Gasteiger partial charge in [-0.15, -0.1) is 0 Å². The molecule has 0 bridgehead atoms. The molecule has 0 radical (unpaired) electrons. The first-order chi connectivity index (χ1) is 7.11. The molecule has 0 saturated carbocycles. The normalized spacial score (nSPS) is 9.53. The number of nitrogens with zero attached hydrogens (tertiary/aromatic N) is 1. The van der Waals surface area contributed by atoms with Gasteiger partial charge in [-0.2, -0.15) is 0 Å². The minimum absolute atomic E-state index is 0.0318. The second kappa shape index (κ2) is 4.75. The maximum Gasteiger partial charge on any atom is 0.341 e. The van der Waals surface area contributed by atoms with Gasteiger partial charge < -0.3 is 9.47 Å². The van der Waals surface area contributed by atoms with Crippen molar-refractivity contribution in [2.75, 3.05) is 14.2 Å². The Labute approximate surface area is 91.0 Å². The Kier molecular flexibility index (Phi) is 3.62. The van der Waals surface area contributed by atoms with E-state index in [1.807, 2.05) is 0 Å². The van der Waals surface area contributed by atoms with E-state index in [0.29, 0.717) is 0 Å². The second-order valence-corrected chi connectivity index (χ2v) is 2.87. The van der Waals surface area contributed by atoms with Crippen LogP contribution in [0, 0.1) is 0 Å². The molecular weight excluding hydrogens is 222 g/mol. The van der Waals surface area contributed by atoms with Gasteiger partial charge in [-0.1, -0.05) is 11.6 Å². The van der Waals surface area contributed by atoms with Crippen LogP contribution in [0.4, 0.5) is 0 Å². The predicted octanol–water partition coefficient (Wildman–Crippen LogP) is 1.31. The molecule has 0 spiro atoms. The fourth-order valence-electron chi connectivity index (χ4n) is 1.01. The Hall–Kier alpha value is -1.62. The zero-order valence-corrected chi connectivity index (χ0v) is 8.87. The third-order valence-electron chi connectivity index (χ3n) is 1.70. The zero-order valence-electron chi connectivity index (χ0n) is 8.11. The van der Waals surface area contributed by atoms with Crippen molar-refractivity contribution in [1.82, 2.24) is 4.98 Å². The van der Waals surface area contributed by atoms with Crippen LogP contribution >= 0.6 is 11.6 Å². The molecule has 0 aromatic carbocycles. The van der Waals surface area contributed by atoms with Crippen LogP contribution in [0.2, 0.25) is 5.15 Å². The highest BCUT2D eigenvalue weighted by Gasteiger charge is 2.22. The van der Waals surface area contributed by atoms with Gasteiger partial charge in [-0.25, -0.2) is 14.6 Å². The zero-order chi connectivity index (χ0) is 11.4. The second-order valence-electron chi connectivity index (χ2n) is 2.51. The van der Waals surface area contributed by atoms with E-state index < -0.39 is 11.9 Å². The Bertz CT molecular complexity index is 405. The third kappa shape index (κ3) is 2.24. The van der Waals surface area contributed by atoms with E-state index in [-0.39, 0.29) is 16.3 Å². The van der Waals surface area contributed by atoms with E-state index in [1.54, 1.807) is 0 Å². The molecule has 15 heavy (non-hydrogen) atoms. The van der Waals surface area contributed by atoms with Crippen LogP contribution in [-0.2, 0) is 9.47 Å². The van der Waals surface area contributed by atoms with Gasteiger partial charge in [0, 0.05) is 6.20 Å². The van der Waals surface area contributed by atoms with Crippen molar-refractivity contribution >= 4 is 23.5 Å². The van der Waals surface area contributed by atoms with Crippen LogP contribution < -0.4 is 0 Å². The van der Waals surface area contributed by atoms with E-state index in [9.17, 15) is 9.59 Å². The standard InChI is InChI=1S/C9H8ClNO4/c1-14-8(12)5-3-4-11-7(10)6(5)9(13)15-2/h3-4H,1-2H3. The Morgan fingerprint density at radius 2 is 1.87 bits per heavy atom. The maximum atomic E-state index is 11.3. The number of halogens is 1. The maximum absolute atomic E-state index is 11.3. The molecule has 0 saturated heterocycles. The summed E-state index contributed by atoms with van der Waals surface area (Å²) in [6.07, 6.45) is 1.31. The van der Waals surface area contributed by atoms with Gasteiger partial charge in [0.2, 0.25) is 0 Å². The van der Waals surface area contributed by atoms with Crippen LogP contribution in [0.15, 0.2) is 12.3 Å². The van der Waals surface area contributed by atoms with E-state index in [0.717, 1.165) is 0 Å². The van der Waals surface area contributed by atoms with E-state index in [1.165, 1.54) is 26.5 Å². The Morgan fingerprint density at radius 3 is 2.40 bits per heavy atom. The number of carbonyl (C=O) groups excluding carboxylic acids is 2. The number of ether oxygens (including phenoxy) is 2. The fourth-order valence-corrected chi connectivity index (χ4v) is 1.25. The summed E-state index contributed by atoms with van der Waals surface area (Å²) in [5, 5.41) is -0.0928. The van der Waals surface area contributed by atoms with Crippen LogP contribution in [-0.4, -0.2) is 31.1 Å². The predicted molar refractivity (Wildman–Crippen MR) is 51.9 cm³/mol. The average molecular weight is 230 g/mol. The summed E-state index contributed by atoms with van der Waals surface area (Å²) in [6.45, 7) is 0. The first kappa shape index (κ1) is 11.5. The molecule has 0 atom stereocenters. The molecule has 1 heterocycles. The first-order valence-corrected chi connectivity index (χ1v) is 4.30. The number of rotatable bonds is 2. The topological polar surface area (TPSA) is 65.5 Å². The molecule has 0 fully saturated rings. The van der Waals surface area contributed by atoms with Crippen molar-refractivity contribution in [3.05, 3.63) is 28.5 Å². The lowest BCUT2D eigenvalue weighted by Gasteiger charge is -2.06. The van der Waals surface area contributed by atoms with Gasteiger partial charge in [0.25, 0.3) is 0 Å². The molecule has 0 aliphatic heterocycles. The monoisotopic (exact) mass is 229 g/mol. The third-order valence-corrected chi connectivity index (χ3v) is 1.99. The van der Waals surface area contributed by atoms with Crippen molar-refractivity contribution in [2.24, 2.45) is 0 Å². The number of aromatic nitrogens is 1. The summed E-state index contributed by atoms with van der Waals surface area (Å²) in [5.41, 5.74) is -0.0575. The van der Waals surface area contributed by atoms with Crippen LogP contribution in [0.3, 0.4) is 0 Å². The van der Waals surface area contributed by atoms with Crippen molar-refractivity contribution in [1.29, 1.82) is 0 Å². The molecule has 5 nitrogen and oxygen atoms in total. The summed E-state index contributed by atoms with van der Waals surface area (Å²) in [5.74, 6) is -1.40. The first-order valence-electron chi connectivity index (χ1n) is 3.93. The molecule has 0 aliphatic carbocycles. The fraction of sp³-hybridized carbons (Fsp3) is 0.222. The molecule has 1 aromatic rings. The number of pyridine rings is 1. The number of hydrogen-bond donors (Lipinski definition) is 0. The van der Waals surface area contributed by atoms with E-state index in [2.05, 4.69) is 14.5 Å². The van der Waals surface area contributed by atoms with Crippen molar-refractivity contribution in [3.63, 3.8) is 0 Å². The lowest BCUT2D eigenvalue weighted by molar-refractivity contribution is 0.0555. The van der Waals surface area contributed by atoms with Gasteiger partial charge in [0.15, 0.2) is 0 Å². The SMILES string of the molecule is COC(=O)c1ccnc(Cl)c1C(=O)OC. The van der Waals surface area contributed by atoms with Crippen LogP contribution in [0.25, 0.3) is 0 Å². The van der Waals surface area contributed by atoms with E-state index in [4.69, 9.17) is 11.6 Å². The van der Waals surface area contributed by atoms with Gasteiger partial charge in [-0.3, -0.25) is 0 Å². The van der Waals surface area contributed by atoms with Crippen molar-refractivity contribution < 1.29 is 19.1 Å². The largest absolute Gasteiger partial charge is 0.465 e. The van der Waals surface area contributed by atoms with Crippen molar-refractivity contribution in [3.8, 4) is 0 Å². The Balaban J connectivity index is 3.32. The highest BCUT2D eigenvalue weighted by Crippen LogP contribution is 2.19. The van der Waals surface area contributed by atoms with Gasteiger partial charge >= 0.3 is 11.9 Å². The number of esters is 2. The smallest absolute Gasteiger partial charge is 0.341 e. The highest BCUT2D eigenvalue weighted by molar-refractivity contribution is 6.33. The molecule has 0 N–H and O–H groups in total. The number of hydrogen-bond acceptors (Lipinski definition) is 5. The molecule has 0 amide bonds. The molecule has 1 aromatic heterocycles. The quantitative estimate of drug-likeness (QED) is 0.565. The average Bonchev–Trinajstić information content (AvgIpc) is 2.26. The summed E-state index contributed by atoms with van der Waals surface area (Å²) < 4.78 is 8.97. The van der Waals surface area contributed by atoms with Crippen LogP contribution in [0.5, 0.6) is 0 Å². The van der Waals surface area contributed by atoms with Gasteiger partial charge in [0.05, 0.1) is 19.8 Å². The minimum atomic E-state index is -0.728. The minimum Gasteiger partial charge on any atom is -0.465 e. The molecule has 1 rings (SSSR count). The molecule has 0 aliphatic rings. The molecule has 6 heteroatoms. The summed E-state index contributed by atoms with van der Waals surface area (Å²) in [4.78, 5) is 26.3. The summed E-state index contributed by atoms with van der Waals surface area (Å²) >= 11 is 5.68. The lowest BCUT2D eigenvalue weighted by atomic mass is 10.1. The Morgan fingerprint density at radius 1 is 1.27 bits per heavy atom. The highest BCUT2D eigenvalue weighted by atomic mass is 35.5. The number of carbonyl (C=O) groups is 2. The van der Waals surface area contributed by atoms with Crippen LogP contribution in [0.1, 0.15) is 20.7 Å². The molecule has 80 valence electrons. The lowest BCUT2D eigenvalue weighted by Crippen LogP contribution is -2.13.